The van der Waals surface area contributed by atoms with Gasteiger partial charge in [0.2, 0.25) is 0 Å². The topological polar surface area (TPSA) is 71.9 Å². The summed E-state index contributed by atoms with van der Waals surface area (Å²) in [6.45, 7) is 7.02. The molecule has 0 fully saturated rings. The molecule has 0 heterocycles. The number of rotatable bonds is 8. The minimum atomic E-state index is -0.139. The van der Waals surface area contributed by atoms with Crippen molar-refractivity contribution in [2.45, 2.75) is 20.8 Å². The van der Waals surface area contributed by atoms with E-state index < -0.39 is 0 Å². The summed E-state index contributed by atoms with van der Waals surface area (Å²) in [5.74, 6) is 0.440. The fraction of sp³-hybridized carbons (Fsp3) is 0.333. The highest BCUT2D eigenvalue weighted by molar-refractivity contribution is 5.93. The van der Waals surface area contributed by atoms with Crippen LogP contribution in [0.25, 0.3) is 0 Å². The van der Waals surface area contributed by atoms with Crippen molar-refractivity contribution < 1.29 is 19.2 Å². The molecule has 1 unspecified atom stereocenters. The second-order valence-electron chi connectivity index (χ2n) is 6.60. The van der Waals surface area contributed by atoms with Gasteiger partial charge in [-0.25, -0.2) is 0 Å². The van der Waals surface area contributed by atoms with E-state index in [-0.39, 0.29) is 24.9 Å². The van der Waals surface area contributed by atoms with Gasteiger partial charge in [0.25, 0.3) is 11.8 Å². The number of amides is 2. The van der Waals surface area contributed by atoms with Gasteiger partial charge < -0.3 is 20.3 Å². The summed E-state index contributed by atoms with van der Waals surface area (Å²) in [5.41, 5.74) is 3.60. The molecule has 6 nitrogen and oxygen atoms in total. The van der Waals surface area contributed by atoms with Crippen LogP contribution >= 0.6 is 0 Å². The largest absolute Gasteiger partial charge is 0.497 e. The minimum absolute atomic E-state index is 0.102. The zero-order valence-electron chi connectivity index (χ0n) is 16.4. The molecular weight excluding hydrogens is 342 g/mol. The van der Waals surface area contributed by atoms with Crippen molar-refractivity contribution in [2.24, 2.45) is 0 Å². The number of carbonyl (C=O) groups is 2. The van der Waals surface area contributed by atoms with Gasteiger partial charge >= 0.3 is 0 Å². The van der Waals surface area contributed by atoms with E-state index in [2.05, 4.69) is 10.6 Å². The molecule has 2 aromatic rings. The standard InChI is InChI=1S/C21H27N3O3/c1-5-24(13-20(25)22-17-7-6-8-18(12-17)27-4)14-21(26)23-19-11-15(2)9-10-16(19)3/h6-12H,5,13-14H2,1-4H3,(H,22,25)(H,23,26)/p+1. The first kappa shape index (κ1) is 20.5. The number of methoxy groups -OCH3 is 1. The van der Waals surface area contributed by atoms with Crippen LogP contribution in [0.4, 0.5) is 11.4 Å². The predicted octanol–water partition coefficient (Wildman–Crippen LogP) is 1.79. The number of anilines is 2. The maximum absolute atomic E-state index is 12.4. The van der Waals surface area contributed by atoms with Crippen LogP contribution in [0.5, 0.6) is 5.75 Å². The number of nitrogens with one attached hydrogen (secondary N) is 3. The van der Waals surface area contributed by atoms with E-state index in [1.165, 1.54) is 0 Å². The normalized spacial score (nSPS) is 11.6. The van der Waals surface area contributed by atoms with Crippen LogP contribution < -0.4 is 20.3 Å². The average Bonchev–Trinajstić information content (AvgIpc) is 2.64. The molecule has 0 aliphatic rings. The molecule has 0 aromatic heterocycles. The number of aryl methyl sites for hydroxylation is 2. The first-order valence-corrected chi connectivity index (χ1v) is 9.05. The van der Waals surface area contributed by atoms with Crippen LogP contribution in [-0.2, 0) is 9.59 Å². The SMILES string of the molecule is CC[NH+](CC(=O)Nc1cccc(OC)c1)CC(=O)Nc1cc(C)ccc1C. The Balaban J connectivity index is 1.91. The number of hydrogen-bond acceptors (Lipinski definition) is 3. The first-order chi connectivity index (χ1) is 12.9. The summed E-state index contributed by atoms with van der Waals surface area (Å²) in [4.78, 5) is 25.6. The van der Waals surface area contributed by atoms with Crippen molar-refractivity contribution in [1.82, 2.24) is 0 Å². The van der Waals surface area contributed by atoms with E-state index >= 15 is 0 Å². The highest BCUT2D eigenvalue weighted by Crippen LogP contribution is 2.17. The number of hydrogen-bond donors (Lipinski definition) is 3. The van der Waals surface area contributed by atoms with Crippen molar-refractivity contribution in [3.63, 3.8) is 0 Å². The van der Waals surface area contributed by atoms with Gasteiger partial charge in [0.1, 0.15) is 5.75 Å². The van der Waals surface area contributed by atoms with Crippen LogP contribution in [0.2, 0.25) is 0 Å². The van der Waals surface area contributed by atoms with E-state index in [1.54, 1.807) is 19.2 Å². The second-order valence-corrected chi connectivity index (χ2v) is 6.60. The number of benzene rings is 2. The molecule has 2 amide bonds. The quantitative estimate of drug-likeness (QED) is 0.663. The smallest absolute Gasteiger partial charge is 0.279 e. The van der Waals surface area contributed by atoms with Crippen molar-refractivity contribution >= 4 is 23.2 Å². The lowest BCUT2D eigenvalue weighted by Crippen LogP contribution is -3.13. The van der Waals surface area contributed by atoms with Crippen LogP contribution in [0.3, 0.4) is 0 Å². The lowest BCUT2D eigenvalue weighted by atomic mass is 10.1. The third-order valence-corrected chi connectivity index (χ3v) is 4.34. The van der Waals surface area contributed by atoms with E-state index in [1.807, 2.05) is 51.1 Å². The Hall–Kier alpha value is -2.86. The molecule has 0 aliphatic heterocycles. The predicted molar refractivity (Wildman–Crippen MR) is 107 cm³/mol. The van der Waals surface area contributed by atoms with E-state index in [0.29, 0.717) is 18.0 Å². The molecule has 144 valence electrons. The summed E-state index contributed by atoms with van der Waals surface area (Å²) in [6, 6.07) is 13.1. The van der Waals surface area contributed by atoms with Crippen molar-refractivity contribution in [1.29, 1.82) is 0 Å². The molecule has 0 saturated carbocycles. The Kier molecular flexibility index (Phi) is 7.37. The molecule has 2 aromatic carbocycles. The Labute approximate surface area is 160 Å². The Bertz CT molecular complexity index is 805. The molecule has 2 rings (SSSR count). The molecule has 1 atom stereocenters. The minimum Gasteiger partial charge on any atom is -0.497 e. The molecule has 0 aliphatic carbocycles. The molecule has 0 bridgehead atoms. The van der Waals surface area contributed by atoms with Crippen molar-refractivity contribution in [3.8, 4) is 5.75 Å². The molecule has 0 radical (unpaired) electrons. The molecule has 27 heavy (non-hydrogen) atoms. The van der Waals surface area contributed by atoms with E-state index in [4.69, 9.17) is 4.74 Å². The Morgan fingerprint density at radius 2 is 1.70 bits per heavy atom. The molecule has 0 spiro atoms. The number of likely N-dealkylation sites (N-methyl/N-ethyl adjacent to an activating group) is 1. The van der Waals surface area contributed by atoms with Crippen molar-refractivity contribution in [2.75, 3.05) is 37.4 Å². The zero-order chi connectivity index (χ0) is 19.8. The highest BCUT2D eigenvalue weighted by atomic mass is 16.5. The second kappa shape index (κ2) is 9.73. The Morgan fingerprint density at radius 3 is 2.37 bits per heavy atom. The molecule has 3 N–H and O–H groups in total. The Morgan fingerprint density at radius 1 is 1.00 bits per heavy atom. The summed E-state index contributed by atoms with van der Waals surface area (Å²) >= 11 is 0. The van der Waals surface area contributed by atoms with Gasteiger partial charge in [0.05, 0.1) is 13.7 Å². The fourth-order valence-corrected chi connectivity index (χ4v) is 2.74. The fourth-order valence-electron chi connectivity index (χ4n) is 2.74. The average molecular weight is 370 g/mol. The third kappa shape index (κ3) is 6.42. The van der Waals surface area contributed by atoms with Crippen LogP contribution in [-0.4, -0.2) is 38.6 Å². The molecular formula is C21H28N3O3+. The lowest BCUT2D eigenvalue weighted by molar-refractivity contribution is -0.881. The van der Waals surface area contributed by atoms with Crippen LogP contribution in [0.15, 0.2) is 42.5 Å². The highest BCUT2D eigenvalue weighted by Gasteiger charge is 2.17. The number of ether oxygens (including phenoxy) is 1. The van der Waals surface area contributed by atoms with Crippen LogP contribution in [0, 0.1) is 13.8 Å². The van der Waals surface area contributed by atoms with Gasteiger partial charge in [0, 0.05) is 17.4 Å². The molecule has 6 heteroatoms. The van der Waals surface area contributed by atoms with Crippen LogP contribution in [0.1, 0.15) is 18.1 Å². The van der Waals surface area contributed by atoms with Gasteiger partial charge in [-0.1, -0.05) is 18.2 Å². The van der Waals surface area contributed by atoms with Gasteiger partial charge in [0.15, 0.2) is 13.1 Å². The van der Waals surface area contributed by atoms with Gasteiger partial charge in [-0.05, 0) is 50.1 Å². The van der Waals surface area contributed by atoms with Crippen molar-refractivity contribution in [3.05, 3.63) is 53.6 Å². The van der Waals surface area contributed by atoms with E-state index in [0.717, 1.165) is 21.7 Å². The van der Waals surface area contributed by atoms with Gasteiger partial charge in [-0.2, -0.15) is 0 Å². The summed E-state index contributed by atoms with van der Waals surface area (Å²) in [6.07, 6.45) is 0. The van der Waals surface area contributed by atoms with E-state index in [9.17, 15) is 9.59 Å². The van der Waals surface area contributed by atoms with Gasteiger partial charge in [-0.3, -0.25) is 9.59 Å². The maximum atomic E-state index is 12.4. The molecule has 0 saturated heterocycles. The monoisotopic (exact) mass is 370 g/mol. The lowest BCUT2D eigenvalue weighted by Gasteiger charge is -2.17. The summed E-state index contributed by atoms with van der Waals surface area (Å²) < 4.78 is 5.16. The summed E-state index contributed by atoms with van der Waals surface area (Å²) in [5, 5.41) is 5.80. The first-order valence-electron chi connectivity index (χ1n) is 9.05. The third-order valence-electron chi connectivity index (χ3n) is 4.34. The van der Waals surface area contributed by atoms with Gasteiger partial charge in [-0.15, -0.1) is 0 Å². The number of carbonyl (C=O) groups excluding carboxylic acids is 2. The zero-order valence-corrected chi connectivity index (χ0v) is 16.4. The maximum Gasteiger partial charge on any atom is 0.279 e. The summed E-state index contributed by atoms with van der Waals surface area (Å²) in [7, 11) is 1.58. The number of quaternary nitrogens is 1.